The fourth-order valence-corrected chi connectivity index (χ4v) is 2.99. The highest BCUT2D eigenvalue weighted by atomic mass is 35.5. The first-order valence-electron chi connectivity index (χ1n) is 7.58. The summed E-state index contributed by atoms with van der Waals surface area (Å²) in [5.74, 6) is 0.821. The molecule has 3 aromatic rings. The second-order valence-electron chi connectivity index (χ2n) is 5.39. The molecule has 0 amide bonds. The van der Waals surface area contributed by atoms with Crippen LogP contribution < -0.4 is 9.16 Å². The smallest absolute Gasteiger partial charge is 0.119 e. The molecule has 0 saturated heterocycles. The van der Waals surface area contributed by atoms with Gasteiger partial charge in [-0.15, -0.1) is 0 Å². The van der Waals surface area contributed by atoms with Gasteiger partial charge in [-0.05, 0) is 47.0 Å². The quantitative estimate of drug-likeness (QED) is 0.505. The van der Waals surface area contributed by atoms with Gasteiger partial charge in [0.1, 0.15) is 5.75 Å². The maximum absolute atomic E-state index is 6.49. The number of anilines is 1. The van der Waals surface area contributed by atoms with Gasteiger partial charge in [0.05, 0.1) is 19.3 Å². The van der Waals surface area contributed by atoms with Crippen LogP contribution in [0, 0.1) is 0 Å². The normalized spacial score (nSPS) is 10.5. The average Bonchev–Trinajstić information content (AvgIpc) is 2.62. The Bertz CT molecular complexity index is 821. The van der Waals surface area contributed by atoms with E-state index in [9.17, 15) is 0 Å². The monoisotopic (exact) mass is 357 g/mol. The molecule has 122 valence electrons. The lowest BCUT2D eigenvalue weighted by Gasteiger charge is -2.19. The fraction of sp³-hybridized carbons (Fsp3) is 0.100. The number of rotatable bonds is 5. The molecule has 4 heteroatoms. The molecular formula is C20H17Cl2NO. The highest BCUT2D eigenvalue weighted by Gasteiger charge is 2.11. The Kier molecular flexibility index (Phi) is 5.29. The summed E-state index contributed by atoms with van der Waals surface area (Å²) < 4.78 is 7.04. The van der Waals surface area contributed by atoms with E-state index in [2.05, 4.69) is 12.1 Å². The molecule has 0 bridgehead atoms. The molecule has 3 aromatic carbocycles. The summed E-state index contributed by atoms with van der Waals surface area (Å²) in [5.41, 5.74) is 4.20. The molecule has 0 heterocycles. The fourth-order valence-electron chi connectivity index (χ4n) is 2.57. The summed E-state index contributed by atoms with van der Waals surface area (Å²) >= 11 is 12.5. The van der Waals surface area contributed by atoms with Gasteiger partial charge in [-0.25, -0.2) is 0 Å². The van der Waals surface area contributed by atoms with Gasteiger partial charge in [0.2, 0.25) is 0 Å². The summed E-state index contributed by atoms with van der Waals surface area (Å²) in [7, 11) is 1.67. The third-order valence-corrected chi connectivity index (χ3v) is 4.35. The van der Waals surface area contributed by atoms with Crippen molar-refractivity contribution in [3.8, 4) is 16.9 Å². The molecule has 0 unspecified atom stereocenters. The predicted molar refractivity (Wildman–Crippen MR) is 102 cm³/mol. The minimum absolute atomic E-state index is 0.552. The lowest BCUT2D eigenvalue weighted by molar-refractivity contribution is 0.415. The van der Waals surface area contributed by atoms with Crippen molar-refractivity contribution in [1.82, 2.24) is 0 Å². The lowest BCUT2D eigenvalue weighted by Crippen LogP contribution is -2.10. The largest absolute Gasteiger partial charge is 0.497 e. The van der Waals surface area contributed by atoms with Crippen LogP contribution in [0.1, 0.15) is 5.56 Å². The summed E-state index contributed by atoms with van der Waals surface area (Å²) in [6.45, 7) is 0.552. The van der Waals surface area contributed by atoms with Gasteiger partial charge in [-0.1, -0.05) is 54.1 Å². The molecule has 0 aromatic heterocycles. The van der Waals surface area contributed by atoms with E-state index in [0.29, 0.717) is 11.6 Å². The number of methoxy groups -OCH3 is 1. The van der Waals surface area contributed by atoms with Crippen molar-refractivity contribution in [1.29, 1.82) is 0 Å². The highest BCUT2D eigenvalue weighted by molar-refractivity contribution is 6.31. The maximum atomic E-state index is 6.49. The van der Waals surface area contributed by atoms with Crippen LogP contribution >= 0.6 is 23.4 Å². The second-order valence-corrected chi connectivity index (χ2v) is 6.23. The Morgan fingerprint density at radius 2 is 1.71 bits per heavy atom. The molecule has 0 saturated carbocycles. The van der Waals surface area contributed by atoms with Gasteiger partial charge in [0.15, 0.2) is 0 Å². The molecular weight excluding hydrogens is 341 g/mol. The van der Waals surface area contributed by atoms with Crippen molar-refractivity contribution in [2.45, 2.75) is 6.54 Å². The van der Waals surface area contributed by atoms with E-state index >= 15 is 0 Å². The molecule has 0 aliphatic carbocycles. The third-order valence-electron chi connectivity index (χ3n) is 3.80. The minimum Gasteiger partial charge on any atom is -0.497 e. The zero-order valence-corrected chi connectivity index (χ0v) is 14.8. The molecule has 0 atom stereocenters. The zero-order chi connectivity index (χ0) is 16.9. The number of benzene rings is 3. The van der Waals surface area contributed by atoms with Crippen LogP contribution in [0.3, 0.4) is 0 Å². The topological polar surface area (TPSA) is 12.5 Å². The van der Waals surface area contributed by atoms with Gasteiger partial charge in [-0.2, -0.15) is 0 Å². The van der Waals surface area contributed by atoms with Crippen LogP contribution in [0.25, 0.3) is 11.1 Å². The van der Waals surface area contributed by atoms with Gasteiger partial charge in [0.25, 0.3) is 0 Å². The van der Waals surface area contributed by atoms with Crippen LogP contribution in [-0.4, -0.2) is 7.11 Å². The van der Waals surface area contributed by atoms with E-state index in [0.717, 1.165) is 28.1 Å². The summed E-state index contributed by atoms with van der Waals surface area (Å²) in [6, 6.07) is 23.7. The van der Waals surface area contributed by atoms with Crippen molar-refractivity contribution >= 4 is 29.1 Å². The Balaban J connectivity index is 1.95. The van der Waals surface area contributed by atoms with Crippen molar-refractivity contribution in [2.75, 3.05) is 11.5 Å². The number of hydrogen-bond acceptors (Lipinski definition) is 2. The van der Waals surface area contributed by atoms with Gasteiger partial charge in [-0.3, -0.25) is 4.42 Å². The molecule has 3 rings (SSSR count). The van der Waals surface area contributed by atoms with Crippen molar-refractivity contribution < 1.29 is 4.74 Å². The van der Waals surface area contributed by atoms with Crippen molar-refractivity contribution in [3.63, 3.8) is 0 Å². The number of ether oxygens (including phenoxy) is 1. The number of hydrogen-bond donors (Lipinski definition) is 0. The third kappa shape index (κ3) is 3.84. The van der Waals surface area contributed by atoms with E-state index in [1.807, 2.05) is 60.7 Å². The van der Waals surface area contributed by atoms with E-state index < -0.39 is 0 Å². The minimum atomic E-state index is 0.552. The Hall–Kier alpha value is -2.16. The Morgan fingerprint density at radius 1 is 0.917 bits per heavy atom. The average molecular weight is 358 g/mol. The van der Waals surface area contributed by atoms with Crippen molar-refractivity contribution in [3.05, 3.63) is 83.4 Å². The zero-order valence-electron chi connectivity index (χ0n) is 13.2. The molecule has 2 nitrogen and oxygen atoms in total. The predicted octanol–water partition coefficient (Wildman–Crippen LogP) is 6.18. The van der Waals surface area contributed by atoms with Crippen LogP contribution in [-0.2, 0) is 6.54 Å². The molecule has 0 spiro atoms. The molecule has 0 N–H and O–H groups in total. The maximum Gasteiger partial charge on any atom is 0.119 e. The Morgan fingerprint density at radius 3 is 2.42 bits per heavy atom. The van der Waals surface area contributed by atoms with Gasteiger partial charge >= 0.3 is 0 Å². The molecule has 0 fully saturated rings. The molecule has 0 aliphatic heterocycles. The van der Waals surface area contributed by atoms with Crippen LogP contribution in [0.4, 0.5) is 5.69 Å². The van der Waals surface area contributed by atoms with E-state index in [1.165, 1.54) is 0 Å². The van der Waals surface area contributed by atoms with Crippen LogP contribution in [0.5, 0.6) is 5.75 Å². The standard InChI is InChI=1S/C20H17Cl2NO/c1-24-19-11-10-16(20(13-19)15-6-3-2-4-7-15)14-23(22)18-9-5-8-17(21)12-18/h2-13H,14H2,1H3. The molecule has 0 aliphatic rings. The number of halogens is 2. The summed E-state index contributed by atoms with van der Waals surface area (Å²) in [6.07, 6.45) is 0. The van der Waals surface area contributed by atoms with E-state index in [4.69, 9.17) is 28.1 Å². The van der Waals surface area contributed by atoms with Gasteiger partial charge in [0, 0.05) is 16.8 Å². The first-order chi connectivity index (χ1) is 11.7. The first-order valence-corrected chi connectivity index (χ1v) is 8.30. The summed E-state index contributed by atoms with van der Waals surface area (Å²) in [5, 5.41) is 0.663. The number of nitrogens with zero attached hydrogens (tertiary/aromatic N) is 1. The van der Waals surface area contributed by atoms with Gasteiger partial charge < -0.3 is 4.74 Å². The molecule has 0 radical (unpaired) electrons. The van der Waals surface area contributed by atoms with Crippen LogP contribution in [0.2, 0.25) is 5.02 Å². The van der Waals surface area contributed by atoms with E-state index in [1.54, 1.807) is 11.5 Å². The summed E-state index contributed by atoms with van der Waals surface area (Å²) in [4.78, 5) is 0. The second kappa shape index (κ2) is 7.61. The molecule has 24 heavy (non-hydrogen) atoms. The highest BCUT2D eigenvalue weighted by Crippen LogP contribution is 2.31. The first kappa shape index (κ1) is 16.7. The SMILES string of the molecule is COc1ccc(CN(Cl)c2cccc(Cl)c2)c(-c2ccccc2)c1. The van der Waals surface area contributed by atoms with Crippen LogP contribution in [0.15, 0.2) is 72.8 Å². The Labute approximate surface area is 152 Å². The van der Waals surface area contributed by atoms with E-state index in [-0.39, 0.29) is 0 Å². The lowest BCUT2D eigenvalue weighted by atomic mass is 9.99. The van der Waals surface area contributed by atoms with Crippen molar-refractivity contribution in [2.24, 2.45) is 0 Å².